The van der Waals surface area contributed by atoms with Crippen LogP contribution in [0.2, 0.25) is 0 Å². The first kappa shape index (κ1) is 11.7. The minimum atomic E-state index is 0.892. The molecule has 0 aliphatic heterocycles. The zero-order valence-electron chi connectivity index (χ0n) is 9.35. The lowest BCUT2D eigenvalue weighted by Crippen LogP contribution is -2.19. The van der Waals surface area contributed by atoms with Crippen LogP contribution in [0.25, 0.3) is 0 Å². The van der Waals surface area contributed by atoms with E-state index in [-0.39, 0.29) is 0 Å². The van der Waals surface area contributed by atoms with Crippen molar-refractivity contribution >= 4 is 0 Å². The van der Waals surface area contributed by atoms with Gasteiger partial charge in [-0.25, -0.2) is 0 Å². The topological polar surface area (TPSA) is 21.3 Å². The summed E-state index contributed by atoms with van der Waals surface area (Å²) in [5.74, 6) is 0.892. The lowest BCUT2D eigenvalue weighted by atomic mass is 10.2. The molecule has 0 bridgehead atoms. The van der Waals surface area contributed by atoms with Crippen molar-refractivity contribution in [3.05, 3.63) is 12.2 Å². The summed E-state index contributed by atoms with van der Waals surface area (Å²) in [7, 11) is 0. The Kier molecular flexibility index (Phi) is 5.88. The van der Waals surface area contributed by atoms with Crippen LogP contribution >= 0.6 is 0 Å². The standard InChI is InChI=1S/C12H23NO/c1-3-11(2)9-13-7-4-8-14-10-12-5-6-12/h12-13H,2-10H2,1H3. The van der Waals surface area contributed by atoms with E-state index >= 15 is 0 Å². The van der Waals surface area contributed by atoms with E-state index in [0.717, 1.165) is 45.1 Å². The van der Waals surface area contributed by atoms with Gasteiger partial charge in [0.2, 0.25) is 0 Å². The van der Waals surface area contributed by atoms with Crippen molar-refractivity contribution < 1.29 is 4.74 Å². The van der Waals surface area contributed by atoms with Crippen molar-refractivity contribution in [1.29, 1.82) is 0 Å². The summed E-state index contributed by atoms with van der Waals surface area (Å²) >= 11 is 0. The molecule has 1 N–H and O–H groups in total. The molecule has 0 aromatic rings. The Balaban J connectivity index is 1.72. The van der Waals surface area contributed by atoms with Crippen LogP contribution in [-0.2, 0) is 4.74 Å². The second-order valence-electron chi connectivity index (χ2n) is 4.15. The van der Waals surface area contributed by atoms with Gasteiger partial charge in [-0.3, -0.25) is 0 Å². The molecule has 1 aliphatic carbocycles. The van der Waals surface area contributed by atoms with E-state index in [4.69, 9.17) is 4.74 Å². The number of hydrogen-bond donors (Lipinski definition) is 1. The van der Waals surface area contributed by atoms with Crippen LogP contribution in [0.1, 0.15) is 32.6 Å². The summed E-state index contributed by atoms with van der Waals surface area (Å²) in [5.41, 5.74) is 1.28. The summed E-state index contributed by atoms with van der Waals surface area (Å²) in [6.45, 7) is 9.98. The molecule has 0 atom stereocenters. The minimum Gasteiger partial charge on any atom is -0.381 e. The Hall–Kier alpha value is -0.340. The predicted octanol–water partition coefficient (Wildman–Crippen LogP) is 2.36. The quantitative estimate of drug-likeness (QED) is 0.452. The third kappa shape index (κ3) is 6.17. The van der Waals surface area contributed by atoms with Crippen molar-refractivity contribution in [1.82, 2.24) is 5.32 Å². The average Bonchev–Trinajstić information content (AvgIpc) is 2.99. The summed E-state index contributed by atoms with van der Waals surface area (Å²) < 4.78 is 5.53. The normalized spacial score (nSPS) is 15.8. The fraction of sp³-hybridized carbons (Fsp3) is 0.833. The molecule has 1 saturated carbocycles. The molecule has 0 unspecified atom stereocenters. The number of rotatable bonds is 9. The first-order valence-corrected chi connectivity index (χ1v) is 5.78. The molecule has 2 nitrogen and oxygen atoms in total. The maximum atomic E-state index is 5.53. The molecule has 1 aliphatic rings. The fourth-order valence-electron chi connectivity index (χ4n) is 1.22. The van der Waals surface area contributed by atoms with E-state index in [1.165, 1.54) is 18.4 Å². The molecule has 82 valence electrons. The van der Waals surface area contributed by atoms with Crippen LogP contribution in [0.15, 0.2) is 12.2 Å². The molecule has 1 fully saturated rings. The van der Waals surface area contributed by atoms with Crippen molar-refractivity contribution in [2.45, 2.75) is 32.6 Å². The van der Waals surface area contributed by atoms with Gasteiger partial charge in [0.05, 0.1) is 0 Å². The van der Waals surface area contributed by atoms with Gasteiger partial charge in [-0.1, -0.05) is 19.1 Å². The van der Waals surface area contributed by atoms with Gasteiger partial charge >= 0.3 is 0 Å². The molecule has 2 heteroatoms. The van der Waals surface area contributed by atoms with Crippen LogP contribution in [0.3, 0.4) is 0 Å². The van der Waals surface area contributed by atoms with Gasteiger partial charge in [-0.15, -0.1) is 0 Å². The Morgan fingerprint density at radius 2 is 2.29 bits per heavy atom. The fourth-order valence-corrected chi connectivity index (χ4v) is 1.22. The number of ether oxygens (including phenoxy) is 1. The summed E-state index contributed by atoms with van der Waals surface area (Å²) in [5, 5.41) is 3.36. The van der Waals surface area contributed by atoms with Crippen LogP contribution in [0.5, 0.6) is 0 Å². The number of hydrogen-bond acceptors (Lipinski definition) is 2. The molecule has 0 amide bonds. The average molecular weight is 197 g/mol. The van der Waals surface area contributed by atoms with Crippen LogP contribution in [-0.4, -0.2) is 26.3 Å². The Morgan fingerprint density at radius 3 is 2.93 bits per heavy atom. The molecule has 0 spiro atoms. The Labute approximate surface area is 87.7 Å². The van der Waals surface area contributed by atoms with Gasteiger partial charge in [0.1, 0.15) is 0 Å². The summed E-state index contributed by atoms with van der Waals surface area (Å²) in [6, 6.07) is 0. The zero-order chi connectivity index (χ0) is 10.2. The van der Waals surface area contributed by atoms with E-state index in [9.17, 15) is 0 Å². The van der Waals surface area contributed by atoms with E-state index in [0.29, 0.717) is 0 Å². The lowest BCUT2D eigenvalue weighted by Gasteiger charge is -2.06. The molecule has 0 heterocycles. The second kappa shape index (κ2) is 7.02. The lowest BCUT2D eigenvalue weighted by molar-refractivity contribution is 0.122. The predicted molar refractivity (Wildman–Crippen MR) is 60.5 cm³/mol. The van der Waals surface area contributed by atoms with Gasteiger partial charge in [0.25, 0.3) is 0 Å². The third-order valence-electron chi connectivity index (χ3n) is 2.57. The first-order chi connectivity index (χ1) is 6.83. The van der Waals surface area contributed by atoms with Gasteiger partial charge in [-0.2, -0.15) is 0 Å². The van der Waals surface area contributed by atoms with Gasteiger partial charge in [-0.05, 0) is 38.1 Å². The Morgan fingerprint density at radius 1 is 1.50 bits per heavy atom. The Bertz CT molecular complexity index is 164. The molecule has 0 saturated heterocycles. The van der Waals surface area contributed by atoms with E-state index in [1.54, 1.807) is 0 Å². The molecule has 0 radical (unpaired) electrons. The largest absolute Gasteiger partial charge is 0.381 e. The smallest absolute Gasteiger partial charge is 0.0494 e. The second-order valence-corrected chi connectivity index (χ2v) is 4.15. The molecule has 0 aromatic carbocycles. The molecule has 1 rings (SSSR count). The van der Waals surface area contributed by atoms with E-state index in [1.807, 2.05) is 0 Å². The maximum absolute atomic E-state index is 5.53. The zero-order valence-corrected chi connectivity index (χ0v) is 9.35. The van der Waals surface area contributed by atoms with Gasteiger partial charge in [0.15, 0.2) is 0 Å². The highest BCUT2D eigenvalue weighted by Gasteiger charge is 2.20. The maximum Gasteiger partial charge on any atom is 0.0494 e. The third-order valence-corrected chi connectivity index (χ3v) is 2.57. The van der Waals surface area contributed by atoms with Crippen molar-refractivity contribution in [2.24, 2.45) is 5.92 Å². The highest BCUT2D eigenvalue weighted by Crippen LogP contribution is 2.28. The molecule has 0 aromatic heterocycles. The van der Waals surface area contributed by atoms with E-state index < -0.39 is 0 Å². The van der Waals surface area contributed by atoms with E-state index in [2.05, 4.69) is 18.8 Å². The molecular weight excluding hydrogens is 174 g/mol. The summed E-state index contributed by atoms with van der Waals surface area (Å²) in [6.07, 6.45) is 4.96. The van der Waals surface area contributed by atoms with Crippen LogP contribution < -0.4 is 5.32 Å². The SMILES string of the molecule is C=C(CC)CNCCCOCC1CC1. The highest BCUT2D eigenvalue weighted by atomic mass is 16.5. The monoisotopic (exact) mass is 197 g/mol. The van der Waals surface area contributed by atoms with Gasteiger partial charge in [0, 0.05) is 19.8 Å². The van der Waals surface area contributed by atoms with Crippen LogP contribution in [0.4, 0.5) is 0 Å². The molecular formula is C12H23NO. The first-order valence-electron chi connectivity index (χ1n) is 5.78. The van der Waals surface area contributed by atoms with Crippen LogP contribution in [0, 0.1) is 5.92 Å². The molecule has 14 heavy (non-hydrogen) atoms. The summed E-state index contributed by atoms with van der Waals surface area (Å²) in [4.78, 5) is 0. The van der Waals surface area contributed by atoms with Crippen molar-refractivity contribution in [2.75, 3.05) is 26.3 Å². The van der Waals surface area contributed by atoms with Crippen molar-refractivity contribution in [3.8, 4) is 0 Å². The van der Waals surface area contributed by atoms with Gasteiger partial charge < -0.3 is 10.1 Å². The minimum absolute atomic E-state index is 0.892. The highest BCUT2D eigenvalue weighted by molar-refractivity contribution is 4.94. The number of nitrogens with one attached hydrogen (secondary N) is 1. The van der Waals surface area contributed by atoms with Crippen molar-refractivity contribution in [3.63, 3.8) is 0 Å².